The number of nitrogens with zero attached hydrogens (tertiary/aromatic N) is 6. The van der Waals surface area contributed by atoms with Crippen LogP contribution in [0.25, 0.3) is 28.0 Å². The highest BCUT2D eigenvalue weighted by atomic mass is 19.1. The number of fused-ring (bicyclic) bond motifs is 1. The molecule has 0 bridgehead atoms. The number of hydrogen-bond donors (Lipinski definition) is 1. The Labute approximate surface area is 246 Å². The predicted octanol–water partition coefficient (Wildman–Crippen LogP) is 4.81. The Morgan fingerprint density at radius 2 is 1.86 bits per heavy atom. The summed E-state index contributed by atoms with van der Waals surface area (Å²) in [6.45, 7) is 7.36. The summed E-state index contributed by atoms with van der Waals surface area (Å²) in [6, 6.07) is 6.74. The molecule has 0 aliphatic carbocycles. The number of carbonyl (C=O) groups excluding carboxylic acids is 1. The van der Waals surface area contributed by atoms with Crippen LogP contribution >= 0.6 is 0 Å². The van der Waals surface area contributed by atoms with Crippen molar-refractivity contribution >= 4 is 22.8 Å². The van der Waals surface area contributed by atoms with Crippen LogP contribution in [0.2, 0.25) is 0 Å². The van der Waals surface area contributed by atoms with Crippen LogP contribution in [0.1, 0.15) is 43.9 Å². The molecule has 5 heterocycles. The van der Waals surface area contributed by atoms with E-state index in [2.05, 4.69) is 15.0 Å². The molecular formula is C32H30F2N6O3. The molecule has 43 heavy (non-hydrogen) atoms. The number of benzene rings is 1. The highest BCUT2D eigenvalue weighted by Crippen LogP contribution is 2.37. The van der Waals surface area contributed by atoms with Crippen LogP contribution in [0.5, 0.6) is 5.75 Å². The molecule has 0 radical (unpaired) electrons. The van der Waals surface area contributed by atoms with Crippen LogP contribution in [-0.2, 0) is 4.79 Å². The summed E-state index contributed by atoms with van der Waals surface area (Å²) >= 11 is 0. The molecule has 1 saturated heterocycles. The van der Waals surface area contributed by atoms with Gasteiger partial charge in [-0.05, 0) is 61.6 Å². The summed E-state index contributed by atoms with van der Waals surface area (Å²) in [4.78, 5) is 42.7. The lowest BCUT2D eigenvalue weighted by Gasteiger charge is -2.38. The summed E-state index contributed by atoms with van der Waals surface area (Å²) in [5.74, 6) is -0.00612. The molecule has 0 spiro atoms. The average Bonchev–Trinajstić information content (AvgIpc) is 3.47. The van der Waals surface area contributed by atoms with Crippen molar-refractivity contribution in [2.24, 2.45) is 0 Å². The van der Waals surface area contributed by atoms with E-state index in [-0.39, 0.29) is 28.8 Å². The normalized spacial score (nSPS) is 15.6. The molecule has 1 fully saturated rings. The van der Waals surface area contributed by atoms with Crippen molar-refractivity contribution in [2.45, 2.75) is 45.6 Å². The molecule has 11 heteroatoms. The Morgan fingerprint density at radius 3 is 2.56 bits per heavy atom. The minimum absolute atomic E-state index is 0.0727. The van der Waals surface area contributed by atoms with E-state index in [4.69, 9.17) is 0 Å². The summed E-state index contributed by atoms with van der Waals surface area (Å²) in [5.41, 5.74) is 0.968. The van der Waals surface area contributed by atoms with E-state index in [1.807, 2.05) is 42.6 Å². The van der Waals surface area contributed by atoms with Crippen LogP contribution < -0.4 is 10.6 Å². The highest BCUT2D eigenvalue weighted by Gasteiger charge is 2.31. The number of piperidine rings is 1. The Kier molecular flexibility index (Phi) is 7.27. The minimum atomic E-state index is -0.869. The second-order valence-corrected chi connectivity index (χ2v) is 11.2. The maximum atomic E-state index is 15.8. The van der Waals surface area contributed by atoms with E-state index < -0.39 is 34.3 Å². The molecule has 1 N–H and O–H groups in total. The van der Waals surface area contributed by atoms with Crippen molar-refractivity contribution in [1.82, 2.24) is 24.4 Å². The number of aromatic hydroxyl groups is 1. The number of anilines is 1. The molecule has 0 saturated carbocycles. The van der Waals surface area contributed by atoms with Gasteiger partial charge in [0.25, 0.3) is 0 Å². The van der Waals surface area contributed by atoms with E-state index in [9.17, 15) is 19.1 Å². The maximum absolute atomic E-state index is 15.8. The Balaban J connectivity index is 1.55. The Morgan fingerprint density at radius 1 is 1.09 bits per heavy atom. The summed E-state index contributed by atoms with van der Waals surface area (Å²) in [5, 5.41) is 10.7. The summed E-state index contributed by atoms with van der Waals surface area (Å²) < 4.78 is 32.1. The van der Waals surface area contributed by atoms with Gasteiger partial charge in [-0.1, -0.05) is 26.0 Å². The maximum Gasteiger partial charge on any atom is 0.355 e. The lowest BCUT2D eigenvalue weighted by atomic mass is 10.0. The first kappa shape index (κ1) is 28.2. The van der Waals surface area contributed by atoms with Crippen LogP contribution in [0.4, 0.5) is 14.6 Å². The van der Waals surface area contributed by atoms with E-state index >= 15 is 4.39 Å². The van der Waals surface area contributed by atoms with Crippen molar-refractivity contribution in [3.05, 3.63) is 87.8 Å². The van der Waals surface area contributed by atoms with Gasteiger partial charge in [-0.2, -0.15) is 4.98 Å². The number of phenols is 1. The van der Waals surface area contributed by atoms with Crippen LogP contribution in [0.15, 0.2) is 59.2 Å². The molecule has 0 atom stereocenters. The van der Waals surface area contributed by atoms with Gasteiger partial charge < -0.3 is 14.9 Å². The molecule has 1 aromatic carbocycles. The minimum Gasteiger partial charge on any atom is -0.507 e. The zero-order chi connectivity index (χ0) is 30.4. The first-order valence-electron chi connectivity index (χ1n) is 14.2. The highest BCUT2D eigenvalue weighted by molar-refractivity contribution is 5.91. The zero-order valence-corrected chi connectivity index (χ0v) is 24.0. The van der Waals surface area contributed by atoms with E-state index in [0.717, 1.165) is 11.6 Å². The number of aromatic nitrogens is 4. The van der Waals surface area contributed by atoms with Crippen molar-refractivity contribution in [1.29, 1.82) is 0 Å². The second kappa shape index (κ2) is 11.1. The molecule has 2 aliphatic heterocycles. The van der Waals surface area contributed by atoms with Gasteiger partial charge >= 0.3 is 5.69 Å². The predicted molar refractivity (Wildman–Crippen MR) is 159 cm³/mol. The molecule has 6 rings (SSSR count). The molecular weight excluding hydrogens is 554 g/mol. The first-order chi connectivity index (χ1) is 20.7. The summed E-state index contributed by atoms with van der Waals surface area (Å²) in [7, 11) is 0. The molecule has 4 aromatic rings. The van der Waals surface area contributed by atoms with E-state index in [1.54, 1.807) is 18.3 Å². The number of allylic oxidation sites excluding steroid dienone is 1. The van der Waals surface area contributed by atoms with Crippen molar-refractivity contribution in [3.63, 3.8) is 0 Å². The van der Waals surface area contributed by atoms with Gasteiger partial charge in [0.2, 0.25) is 0 Å². The number of aryl methyl sites for hydroxylation is 1. The van der Waals surface area contributed by atoms with Crippen LogP contribution in [0.3, 0.4) is 0 Å². The third-order valence-electron chi connectivity index (χ3n) is 8.15. The largest absolute Gasteiger partial charge is 0.507 e. The summed E-state index contributed by atoms with van der Waals surface area (Å²) in [6.07, 6.45) is 6.70. The average molecular weight is 585 g/mol. The third-order valence-corrected chi connectivity index (χ3v) is 8.15. The number of rotatable bonds is 5. The quantitative estimate of drug-likeness (QED) is 0.333. The number of phenolic OH excluding ortho intramolecular Hbond substituents is 1. The van der Waals surface area contributed by atoms with Gasteiger partial charge in [0, 0.05) is 31.9 Å². The van der Waals surface area contributed by atoms with Gasteiger partial charge in [-0.3, -0.25) is 4.98 Å². The number of halogens is 2. The van der Waals surface area contributed by atoms with Gasteiger partial charge in [0.05, 0.1) is 22.3 Å². The fraction of sp³-hybridized carbons (Fsp3) is 0.312. The third kappa shape index (κ3) is 4.85. The second-order valence-electron chi connectivity index (χ2n) is 11.2. The zero-order valence-electron chi connectivity index (χ0n) is 24.0. The molecule has 0 unspecified atom stereocenters. The number of hydrogen-bond acceptors (Lipinski definition) is 8. The topological polar surface area (TPSA) is 104 Å². The van der Waals surface area contributed by atoms with Crippen molar-refractivity contribution in [3.8, 4) is 22.7 Å². The van der Waals surface area contributed by atoms with Gasteiger partial charge in [-0.25, -0.2) is 27.9 Å². The number of pyridine rings is 2. The van der Waals surface area contributed by atoms with Crippen molar-refractivity contribution < 1.29 is 18.7 Å². The lowest BCUT2D eigenvalue weighted by Crippen LogP contribution is -2.44. The molecule has 220 valence electrons. The van der Waals surface area contributed by atoms with Crippen LogP contribution in [-0.4, -0.2) is 61.1 Å². The van der Waals surface area contributed by atoms with E-state index in [0.29, 0.717) is 49.6 Å². The van der Waals surface area contributed by atoms with Gasteiger partial charge in [-0.15, -0.1) is 0 Å². The Hall–Kier alpha value is -4.89. The smallest absolute Gasteiger partial charge is 0.355 e. The van der Waals surface area contributed by atoms with Crippen LogP contribution in [0, 0.1) is 18.6 Å². The SMILES string of the molecule is Cc1ccnc(C(C)C)c1-n1c(=O)nc(N2CCC(N3CC=CC3=C=O)CC2)c2cc(F)c(-c3c(O)cccc3F)nc21. The Bertz CT molecular complexity index is 1870. The lowest BCUT2D eigenvalue weighted by molar-refractivity contribution is 0.251. The molecule has 9 nitrogen and oxygen atoms in total. The molecule has 2 aliphatic rings. The first-order valence-corrected chi connectivity index (χ1v) is 14.2. The fourth-order valence-corrected chi connectivity index (χ4v) is 6.06. The fourth-order valence-electron chi connectivity index (χ4n) is 6.06. The molecule has 3 aromatic heterocycles. The van der Waals surface area contributed by atoms with Crippen molar-refractivity contribution in [2.75, 3.05) is 24.5 Å². The standard InChI is InChI=1S/C32H30F2N6O3/c1-18(2)27-29(19(3)9-12-35-27)40-31-22(16-24(34)28(36-31)26-23(33)7-4-8-25(26)42)30(37-32(40)43)38-14-10-20(11-15-38)39-13-5-6-21(39)17-41/h4-9,12,16,18,20,42H,10-11,13-15H2,1-3H3. The monoisotopic (exact) mass is 584 g/mol. The molecule has 0 amide bonds. The van der Waals surface area contributed by atoms with E-state index in [1.165, 1.54) is 22.8 Å². The van der Waals surface area contributed by atoms with Gasteiger partial charge in [0.1, 0.15) is 34.7 Å². The van der Waals surface area contributed by atoms with Gasteiger partial charge in [0.15, 0.2) is 11.5 Å².